The largest absolute Gasteiger partial charge is 0.418 e. The summed E-state index contributed by atoms with van der Waals surface area (Å²) in [4.78, 5) is 38.7. The SMILES string of the molecule is CC1(c2ccc3c(c2)CCC3)NC(=O)N(CC(=O)Nc2ccc(Cl)cc2C(F)(F)F)C1=O. The molecular weight excluding hydrogens is 447 g/mol. The molecule has 168 valence electrons. The second-order valence-electron chi connectivity index (χ2n) is 8.02. The topological polar surface area (TPSA) is 78.5 Å². The van der Waals surface area contributed by atoms with Crippen LogP contribution in [0.15, 0.2) is 36.4 Å². The Morgan fingerprint density at radius 1 is 1.16 bits per heavy atom. The Balaban J connectivity index is 1.53. The molecule has 1 saturated heterocycles. The highest BCUT2D eigenvalue weighted by atomic mass is 35.5. The number of halogens is 4. The smallest absolute Gasteiger partial charge is 0.324 e. The van der Waals surface area contributed by atoms with Gasteiger partial charge < -0.3 is 10.6 Å². The van der Waals surface area contributed by atoms with Crippen molar-refractivity contribution in [3.05, 3.63) is 63.7 Å². The number of imide groups is 1. The zero-order chi connectivity index (χ0) is 23.3. The minimum absolute atomic E-state index is 0.144. The van der Waals surface area contributed by atoms with E-state index in [0.29, 0.717) is 16.5 Å². The average molecular weight is 466 g/mol. The van der Waals surface area contributed by atoms with E-state index in [1.165, 1.54) is 11.6 Å². The van der Waals surface area contributed by atoms with Crippen molar-refractivity contribution in [2.24, 2.45) is 0 Å². The molecule has 1 aliphatic carbocycles. The summed E-state index contributed by atoms with van der Waals surface area (Å²) in [5.41, 5.74) is -0.0969. The standard InChI is InChI=1S/C22H19ClF3N3O3/c1-21(14-6-5-12-3-2-4-13(12)9-14)19(31)29(20(32)28-21)11-18(30)27-17-8-7-15(23)10-16(17)22(24,25)26/h5-10H,2-4,11H2,1H3,(H,27,30)(H,28,32). The van der Waals surface area contributed by atoms with Crippen molar-refractivity contribution in [1.29, 1.82) is 0 Å². The van der Waals surface area contributed by atoms with Gasteiger partial charge in [-0.3, -0.25) is 14.5 Å². The van der Waals surface area contributed by atoms with E-state index in [1.807, 2.05) is 12.1 Å². The number of urea groups is 1. The Hall–Kier alpha value is -3.07. The van der Waals surface area contributed by atoms with Crippen molar-refractivity contribution >= 4 is 35.1 Å². The van der Waals surface area contributed by atoms with E-state index in [9.17, 15) is 27.6 Å². The summed E-state index contributed by atoms with van der Waals surface area (Å²) in [6, 6.07) is 7.70. The lowest BCUT2D eigenvalue weighted by Crippen LogP contribution is -2.42. The summed E-state index contributed by atoms with van der Waals surface area (Å²) >= 11 is 5.64. The van der Waals surface area contributed by atoms with Crippen LogP contribution in [0, 0.1) is 0 Å². The number of hydrogen-bond acceptors (Lipinski definition) is 3. The van der Waals surface area contributed by atoms with Gasteiger partial charge in [0.15, 0.2) is 0 Å². The molecule has 32 heavy (non-hydrogen) atoms. The summed E-state index contributed by atoms with van der Waals surface area (Å²) in [6.45, 7) is 0.813. The van der Waals surface area contributed by atoms with Crippen LogP contribution in [-0.4, -0.2) is 29.3 Å². The van der Waals surface area contributed by atoms with Gasteiger partial charge in [0.1, 0.15) is 12.1 Å². The highest BCUT2D eigenvalue weighted by Crippen LogP contribution is 2.37. The molecule has 4 rings (SSSR count). The first-order chi connectivity index (χ1) is 15.0. The van der Waals surface area contributed by atoms with Crippen molar-refractivity contribution in [1.82, 2.24) is 10.2 Å². The van der Waals surface area contributed by atoms with E-state index in [-0.39, 0.29) is 5.02 Å². The Bertz CT molecular complexity index is 1140. The number of benzene rings is 2. The fraction of sp³-hybridized carbons (Fsp3) is 0.318. The molecular formula is C22H19ClF3N3O3. The predicted molar refractivity (Wildman–Crippen MR) is 111 cm³/mol. The van der Waals surface area contributed by atoms with Crippen molar-refractivity contribution in [3.63, 3.8) is 0 Å². The van der Waals surface area contributed by atoms with Gasteiger partial charge in [0.2, 0.25) is 5.91 Å². The van der Waals surface area contributed by atoms with Gasteiger partial charge in [0.25, 0.3) is 5.91 Å². The first kappa shape index (κ1) is 22.1. The fourth-order valence-corrected chi connectivity index (χ4v) is 4.28. The Morgan fingerprint density at radius 2 is 1.88 bits per heavy atom. The molecule has 1 atom stereocenters. The van der Waals surface area contributed by atoms with Crippen LogP contribution in [0.3, 0.4) is 0 Å². The zero-order valence-corrected chi connectivity index (χ0v) is 17.7. The highest BCUT2D eigenvalue weighted by molar-refractivity contribution is 6.30. The first-order valence-electron chi connectivity index (χ1n) is 9.92. The molecule has 0 saturated carbocycles. The molecule has 1 aliphatic heterocycles. The summed E-state index contributed by atoms with van der Waals surface area (Å²) in [7, 11) is 0. The van der Waals surface area contributed by atoms with Gasteiger partial charge in [0.05, 0.1) is 11.3 Å². The first-order valence-corrected chi connectivity index (χ1v) is 10.3. The third kappa shape index (κ3) is 3.92. The number of aryl methyl sites for hydroxylation is 2. The molecule has 0 bridgehead atoms. The summed E-state index contributed by atoms with van der Waals surface area (Å²) in [5.74, 6) is -1.60. The van der Waals surface area contributed by atoms with Crippen LogP contribution in [0.1, 0.15) is 35.6 Å². The average Bonchev–Trinajstić information content (AvgIpc) is 3.27. The number of fused-ring (bicyclic) bond motifs is 1. The molecule has 4 amide bonds. The molecule has 0 radical (unpaired) electrons. The lowest BCUT2D eigenvalue weighted by Gasteiger charge is -2.23. The third-order valence-corrected chi connectivity index (χ3v) is 6.05. The minimum Gasteiger partial charge on any atom is -0.324 e. The van der Waals surface area contributed by atoms with Crippen LogP contribution in [0.25, 0.3) is 0 Å². The molecule has 2 aromatic rings. The van der Waals surface area contributed by atoms with E-state index < -0.39 is 47.4 Å². The Labute approximate surface area is 186 Å². The molecule has 1 fully saturated rings. The van der Waals surface area contributed by atoms with Gasteiger partial charge in [-0.05, 0) is 61.1 Å². The Kier molecular flexibility index (Phi) is 5.40. The molecule has 10 heteroatoms. The monoisotopic (exact) mass is 465 g/mol. The van der Waals surface area contributed by atoms with Crippen LogP contribution >= 0.6 is 11.6 Å². The molecule has 2 aliphatic rings. The number of anilines is 1. The van der Waals surface area contributed by atoms with Gasteiger partial charge in [0, 0.05) is 5.02 Å². The maximum absolute atomic E-state index is 13.3. The Morgan fingerprint density at radius 3 is 2.59 bits per heavy atom. The highest BCUT2D eigenvalue weighted by Gasteiger charge is 2.49. The maximum atomic E-state index is 13.3. The number of nitrogens with zero attached hydrogens (tertiary/aromatic N) is 1. The van der Waals surface area contributed by atoms with Crippen LogP contribution in [0.2, 0.25) is 5.02 Å². The van der Waals surface area contributed by atoms with E-state index in [0.717, 1.165) is 30.9 Å². The van der Waals surface area contributed by atoms with Crippen molar-refractivity contribution in [2.75, 3.05) is 11.9 Å². The van der Waals surface area contributed by atoms with E-state index in [1.54, 1.807) is 13.0 Å². The van der Waals surface area contributed by atoms with E-state index in [2.05, 4.69) is 10.6 Å². The number of amides is 4. The molecule has 0 spiro atoms. The predicted octanol–water partition coefficient (Wildman–Crippen LogP) is 4.25. The molecule has 2 N–H and O–H groups in total. The summed E-state index contributed by atoms with van der Waals surface area (Å²) < 4.78 is 39.8. The normalized spacial score (nSPS) is 20.3. The van der Waals surface area contributed by atoms with Crippen molar-refractivity contribution in [3.8, 4) is 0 Å². The van der Waals surface area contributed by atoms with Gasteiger partial charge in [-0.2, -0.15) is 13.2 Å². The second kappa shape index (κ2) is 7.81. The van der Waals surface area contributed by atoms with E-state index >= 15 is 0 Å². The number of alkyl halides is 3. The second-order valence-corrected chi connectivity index (χ2v) is 8.46. The number of carbonyl (C=O) groups is 3. The molecule has 1 unspecified atom stereocenters. The number of hydrogen-bond donors (Lipinski definition) is 2. The lowest BCUT2D eigenvalue weighted by molar-refractivity contribution is -0.137. The van der Waals surface area contributed by atoms with Crippen LogP contribution in [-0.2, 0) is 34.1 Å². The molecule has 0 aromatic heterocycles. The lowest BCUT2D eigenvalue weighted by atomic mass is 9.89. The number of nitrogens with one attached hydrogen (secondary N) is 2. The van der Waals surface area contributed by atoms with Gasteiger partial charge >= 0.3 is 12.2 Å². The number of carbonyl (C=O) groups excluding carboxylic acids is 3. The quantitative estimate of drug-likeness (QED) is 0.662. The van der Waals surface area contributed by atoms with E-state index in [4.69, 9.17) is 11.6 Å². The van der Waals surface area contributed by atoms with Crippen LogP contribution in [0.4, 0.5) is 23.7 Å². The van der Waals surface area contributed by atoms with Crippen LogP contribution < -0.4 is 10.6 Å². The zero-order valence-electron chi connectivity index (χ0n) is 17.0. The molecule has 1 heterocycles. The molecule has 6 nitrogen and oxygen atoms in total. The third-order valence-electron chi connectivity index (χ3n) is 5.81. The summed E-state index contributed by atoms with van der Waals surface area (Å²) in [5, 5.41) is 4.59. The van der Waals surface area contributed by atoms with Gasteiger partial charge in [-0.15, -0.1) is 0 Å². The van der Waals surface area contributed by atoms with Crippen molar-refractivity contribution < 1.29 is 27.6 Å². The van der Waals surface area contributed by atoms with Crippen molar-refractivity contribution in [2.45, 2.75) is 37.9 Å². The van der Waals surface area contributed by atoms with Crippen LogP contribution in [0.5, 0.6) is 0 Å². The summed E-state index contributed by atoms with van der Waals surface area (Å²) in [6.07, 6.45) is -1.88. The molecule has 2 aromatic carbocycles. The number of rotatable bonds is 4. The van der Waals surface area contributed by atoms with Gasteiger partial charge in [-0.25, -0.2) is 4.79 Å². The van der Waals surface area contributed by atoms with Gasteiger partial charge in [-0.1, -0.05) is 29.8 Å². The minimum atomic E-state index is -4.75. The fourth-order valence-electron chi connectivity index (χ4n) is 4.11. The maximum Gasteiger partial charge on any atom is 0.418 e.